The number of nitrogens with one attached hydrogen (secondary N) is 2. The van der Waals surface area contributed by atoms with Crippen molar-refractivity contribution in [1.82, 2.24) is 15.3 Å². The first kappa shape index (κ1) is 30.4. The van der Waals surface area contributed by atoms with Crippen molar-refractivity contribution in [2.24, 2.45) is 0 Å². The van der Waals surface area contributed by atoms with E-state index in [1.165, 1.54) is 12.1 Å². The Kier molecular flexibility index (Phi) is 9.05. The van der Waals surface area contributed by atoms with Crippen molar-refractivity contribution in [2.45, 2.75) is 18.0 Å². The van der Waals surface area contributed by atoms with Crippen molar-refractivity contribution in [1.29, 1.82) is 0 Å². The number of carbonyl (C=O) groups excluding carboxylic acids is 1. The average Bonchev–Trinajstić information content (AvgIpc) is 3.47. The molecule has 2 atom stereocenters. The predicted octanol–water partition coefficient (Wildman–Crippen LogP) is 6.56. The van der Waals surface area contributed by atoms with E-state index in [0.717, 1.165) is 28.8 Å². The van der Waals surface area contributed by atoms with Gasteiger partial charge in [-0.2, -0.15) is 13.2 Å². The van der Waals surface area contributed by atoms with Gasteiger partial charge in [-0.05, 0) is 28.8 Å². The summed E-state index contributed by atoms with van der Waals surface area (Å²) in [6.07, 6.45) is -4.52. The average molecular weight is 618 g/mol. The van der Waals surface area contributed by atoms with Gasteiger partial charge >= 0.3 is 12.1 Å². The zero-order valence-electron chi connectivity index (χ0n) is 23.0. The van der Waals surface area contributed by atoms with Crippen LogP contribution >= 0.6 is 0 Å². The van der Waals surface area contributed by atoms with E-state index < -0.39 is 40.5 Å². The Morgan fingerprint density at radius 1 is 0.795 bits per heavy atom. The van der Waals surface area contributed by atoms with E-state index >= 15 is 0 Å². The van der Waals surface area contributed by atoms with Crippen LogP contribution in [0.4, 0.5) is 13.2 Å². The van der Waals surface area contributed by atoms with Gasteiger partial charge in [-0.25, -0.2) is 9.78 Å². The molecule has 0 saturated heterocycles. The molecule has 0 radical (unpaired) electrons. The number of aromatic nitrogens is 2. The molecular weight excluding hydrogens is 591 g/mol. The lowest BCUT2D eigenvalue weighted by Gasteiger charge is -2.14. The van der Waals surface area contributed by atoms with Gasteiger partial charge in [0.05, 0.1) is 11.3 Å². The van der Waals surface area contributed by atoms with Gasteiger partial charge in [0, 0.05) is 27.7 Å². The van der Waals surface area contributed by atoms with Gasteiger partial charge in [0.25, 0.3) is 5.91 Å². The summed E-state index contributed by atoms with van der Waals surface area (Å²) in [6.45, 7) is 0. The SMILES string of the molecule is O=C(NC(C[S@](=O)Cc1ccccc1)C(=O)O)c1[nH]c(-c2ccc(C(F)(F)F)cc2)nc1-c1ccc(-c2ccccc2)cc1. The molecular formula is C33H26F3N3O4S. The number of aliphatic carboxylic acids is 1. The number of hydrogen-bond acceptors (Lipinski definition) is 4. The second kappa shape index (κ2) is 13.1. The summed E-state index contributed by atoms with van der Waals surface area (Å²) in [5.41, 5.74) is 2.69. The van der Waals surface area contributed by atoms with Gasteiger partial charge in [-0.1, -0.05) is 97.1 Å². The van der Waals surface area contributed by atoms with Gasteiger partial charge in [-0.3, -0.25) is 9.00 Å². The smallest absolute Gasteiger partial charge is 0.416 e. The quantitative estimate of drug-likeness (QED) is 0.164. The number of rotatable bonds is 10. The van der Waals surface area contributed by atoms with E-state index in [1.807, 2.05) is 48.5 Å². The fraction of sp³-hybridized carbons (Fsp3) is 0.121. The third-order valence-electron chi connectivity index (χ3n) is 6.81. The van der Waals surface area contributed by atoms with Crippen LogP contribution in [0.2, 0.25) is 0 Å². The van der Waals surface area contributed by atoms with Gasteiger partial charge < -0.3 is 15.4 Å². The molecule has 0 saturated carbocycles. The fourth-order valence-electron chi connectivity index (χ4n) is 4.56. The van der Waals surface area contributed by atoms with Crippen LogP contribution in [0.15, 0.2) is 109 Å². The highest BCUT2D eigenvalue weighted by Gasteiger charge is 2.31. The van der Waals surface area contributed by atoms with Crippen LogP contribution < -0.4 is 5.32 Å². The van der Waals surface area contributed by atoms with E-state index in [-0.39, 0.29) is 34.3 Å². The fourth-order valence-corrected chi connectivity index (χ4v) is 5.84. The predicted molar refractivity (Wildman–Crippen MR) is 162 cm³/mol. The van der Waals surface area contributed by atoms with Crippen LogP contribution in [0.5, 0.6) is 0 Å². The van der Waals surface area contributed by atoms with Gasteiger partial charge in [-0.15, -0.1) is 0 Å². The summed E-state index contributed by atoms with van der Waals surface area (Å²) in [6, 6.07) is 28.5. The molecule has 11 heteroatoms. The normalized spacial score (nSPS) is 12.8. The summed E-state index contributed by atoms with van der Waals surface area (Å²) >= 11 is 0. The first-order valence-corrected chi connectivity index (χ1v) is 14.9. The van der Waals surface area contributed by atoms with Gasteiger partial charge in [0.2, 0.25) is 0 Å². The second-order valence-electron chi connectivity index (χ2n) is 9.93. The maximum absolute atomic E-state index is 13.5. The third kappa shape index (κ3) is 7.30. The summed E-state index contributed by atoms with van der Waals surface area (Å²) in [4.78, 5) is 33.0. The maximum Gasteiger partial charge on any atom is 0.416 e. The molecule has 0 bridgehead atoms. The van der Waals surface area contributed by atoms with Crippen LogP contribution in [-0.2, 0) is 27.5 Å². The molecule has 44 heavy (non-hydrogen) atoms. The number of aromatic amines is 1. The zero-order valence-corrected chi connectivity index (χ0v) is 23.9. The van der Waals surface area contributed by atoms with Crippen molar-refractivity contribution < 1.29 is 32.1 Å². The molecule has 0 spiro atoms. The summed E-state index contributed by atoms with van der Waals surface area (Å²) in [7, 11) is -1.60. The van der Waals surface area contributed by atoms with E-state index in [1.54, 1.807) is 36.4 Å². The number of alkyl halides is 3. The highest BCUT2D eigenvalue weighted by molar-refractivity contribution is 7.84. The van der Waals surface area contributed by atoms with Crippen molar-refractivity contribution in [3.63, 3.8) is 0 Å². The summed E-state index contributed by atoms with van der Waals surface area (Å²) < 4.78 is 52.1. The Labute approximate surface area is 253 Å². The maximum atomic E-state index is 13.5. The molecule has 0 aliphatic carbocycles. The Bertz CT molecular complexity index is 1770. The number of nitrogens with zero attached hydrogens (tertiary/aromatic N) is 1. The van der Waals surface area contributed by atoms with E-state index in [4.69, 9.17) is 0 Å². The molecule has 0 fully saturated rings. The van der Waals surface area contributed by atoms with E-state index in [2.05, 4.69) is 15.3 Å². The minimum Gasteiger partial charge on any atom is -0.480 e. The summed E-state index contributed by atoms with van der Waals surface area (Å²) in [5, 5.41) is 12.3. The second-order valence-corrected chi connectivity index (χ2v) is 11.4. The van der Waals surface area contributed by atoms with Crippen molar-refractivity contribution in [3.8, 4) is 33.8 Å². The zero-order chi connectivity index (χ0) is 31.3. The molecule has 3 N–H and O–H groups in total. The lowest BCUT2D eigenvalue weighted by atomic mass is 10.0. The summed E-state index contributed by atoms with van der Waals surface area (Å²) in [5.74, 6) is -2.29. The number of benzene rings is 4. The molecule has 1 heterocycles. The molecule has 5 rings (SSSR count). The Balaban J connectivity index is 1.45. The van der Waals surface area contributed by atoms with Crippen LogP contribution in [0, 0.1) is 0 Å². The first-order chi connectivity index (χ1) is 21.1. The Hall–Kier alpha value is -5.03. The highest BCUT2D eigenvalue weighted by atomic mass is 32.2. The molecule has 0 aliphatic heterocycles. The van der Waals surface area contributed by atoms with Crippen LogP contribution in [-0.4, -0.2) is 43.0 Å². The lowest BCUT2D eigenvalue weighted by molar-refractivity contribution is -0.139. The highest BCUT2D eigenvalue weighted by Crippen LogP contribution is 2.32. The van der Waals surface area contributed by atoms with Crippen molar-refractivity contribution in [2.75, 3.05) is 5.75 Å². The third-order valence-corrected chi connectivity index (χ3v) is 8.17. The number of hydrogen-bond donors (Lipinski definition) is 3. The van der Waals surface area contributed by atoms with E-state index in [0.29, 0.717) is 5.56 Å². The van der Waals surface area contributed by atoms with Crippen molar-refractivity contribution in [3.05, 3.63) is 126 Å². The number of carboxylic acids is 1. The van der Waals surface area contributed by atoms with E-state index in [9.17, 15) is 32.1 Å². The topological polar surface area (TPSA) is 112 Å². The molecule has 1 amide bonds. The van der Waals surface area contributed by atoms with Gasteiger partial charge in [0.15, 0.2) is 0 Å². The number of imidazole rings is 1. The molecule has 1 unspecified atom stereocenters. The molecule has 4 aromatic carbocycles. The lowest BCUT2D eigenvalue weighted by Crippen LogP contribution is -2.44. The molecule has 0 aliphatic rings. The molecule has 5 aromatic rings. The minimum absolute atomic E-state index is 0.0903. The molecule has 224 valence electrons. The number of H-pyrrole nitrogens is 1. The molecule has 7 nitrogen and oxygen atoms in total. The Morgan fingerprint density at radius 2 is 1.34 bits per heavy atom. The van der Waals surface area contributed by atoms with Crippen molar-refractivity contribution >= 4 is 22.7 Å². The van der Waals surface area contributed by atoms with Crippen LogP contribution in [0.3, 0.4) is 0 Å². The number of amides is 1. The van der Waals surface area contributed by atoms with Crippen LogP contribution in [0.25, 0.3) is 33.8 Å². The Morgan fingerprint density at radius 3 is 1.93 bits per heavy atom. The first-order valence-electron chi connectivity index (χ1n) is 13.4. The molecule has 1 aromatic heterocycles. The minimum atomic E-state index is -4.52. The largest absolute Gasteiger partial charge is 0.480 e. The number of carboxylic acid groups (broad SMARTS) is 1. The number of carbonyl (C=O) groups is 2. The van der Waals surface area contributed by atoms with Crippen LogP contribution in [0.1, 0.15) is 21.6 Å². The monoisotopic (exact) mass is 617 g/mol. The number of halogens is 3. The standard InChI is InChI=1S/C33H26F3N3O4S/c34-33(35,36)26-17-15-25(16-18-26)30-38-28(24-13-11-23(12-14-24)22-9-5-2-6-10-22)29(39-30)31(40)37-27(32(41)42)20-44(43)19-21-7-3-1-4-8-21/h1-18,27H,19-20H2,(H,37,40)(H,38,39)(H,41,42)/t27?,44-/m1/s1. The van der Waals surface area contributed by atoms with Gasteiger partial charge in [0.1, 0.15) is 23.3 Å².